The predicted octanol–water partition coefficient (Wildman–Crippen LogP) is -1.03. The maximum Gasteiger partial charge on any atom is 0.288 e. The molecule has 2 heterocycles. The number of nitrogens with one attached hydrogen (secondary N) is 1. The molecule has 1 atom stereocenters. The minimum absolute atomic E-state index is 0.0518. The van der Waals surface area contributed by atoms with E-state index in [-0.39, 0.29) is 23.9 Å². The maximum absolute atomic E-state index is 12.4. The number of carbonyl (C=O) groups excluding carboxylic acids is 2. The number of rotatable bonds is 2. The van der Waals surface area contributed by atoms with Crippen LogP contribution in [-0.4, -0.2) is 55.1 Å². The molecule has 1 saturated carbocycles. The summed E-state index contributed by atoms with van der Waals surface area (Å²) in [5, 5.41) is 0. The quantitative estimate of drug-likeness (QED) is 0.640. The van der Waals surface area contributed by atoms with Gasteiger partial charge in [-0.05, 0) is 12.8 Å². The van der Waals surface area contributed by atoms with Crippen molar-refractivity contribution in [3.05, 3.63) is 0 Å². The van der Waals surface area contributed by atoms with Gasteiger partial charge in [-0.3, -0.25) is 14.5 Å². The molecule has 2 aliphatic heterocycles. The summed E-state index contributed by atoms with van der Waals surface area (Å²) >= 11 is 0. The first kappa shape index (κ1) is 12.1. The molecule has 0 bridgehead atoms. The summed E-state index contributed by atoms with van der Waals surface area (Å²) in [6.45, 7) is 3.11. The van der Waals surface area contributed by atoms with Crippen molar-refractivity contribution in [3.8, 4) is 0 Å². The maximum atomic E-state index is 12.4. The number of hydrogen-bond donors (Lipinski definition) is 1. The molecule has 1 aliphatic carbocycles. The van der Waals surface area contributed by atoms with Crippen molar-refractivity contribution in [1.82, 2.24) is 4.90 Å². The first-order valence-electron chi connectivity index (χ1n) is 7.05. The number of amides is 2. The molecule has 2 saturated heterocycles. The standard InChI is InChI=1S/C13H20N2O3/c16-12-9-11(14-5-7-18-8-6-14)13(17)15(12)10-3-1-2-4-10/h10-11H,1-9H2/p+1/t11-/m0/s1. The molecule has 3 aliphatic rings. The molecule has 100 valence electrons. The molecule has 0 unspecified atom stereocenters. The molecule has 3 fully saturated rings. The largest absolute Gasteiger partial charge is 0.370 e. The smallest absolute Gasteiger partial charge is 0.288 e. The Morgan fingerprint density at radius 2 is 1.78 bits per heavy atom. The highest BCUT2D eigenvalue weighted by atomic mass is 16.5. The van der Waals surface area contributed by atoms with E-state index < -0.39 is 0 Å². The Hall–Kier alpha value is -0.940. The van der Waals surface area contributed by atoms with Crippen LogP contribution in [0, 0.1) is 0 Å². The van der Waals surface area contributed by atoms with Gasteiger partial charge in [-0.15, -0.1) is 0 Å². The molecule has 0 aromatic rings. The number of ether oxygens (including phenoxy) is 1. The minimum Gasteiger partial charge on any atom is -0.370 e. The Kier molecular flexibility index (Phi) is 3.35. The van der Waals surface area contributed by atoms with Crippen LogP contribution < -0.4 is 4.90 Å². The lowest BCUT2D eigenvalue weighted by atomic mass is 10.2. The van der Waals surface area contributed by atoms with Crippen LogP contribution in [0.1, 0.15) is 32.1 Å². The summed E-state index contributed by atoms with van der Waals surface area (Å²) < 4.78 is 5.32. The van der Waals surface area contributed by atoms with Crippen molar-refractivity contribution in [2.24, 2.45) is 0 Å². The van der Waals surface area contributed by atoms with E-state index in [1.54, 1.807) is 4.90 Å². The van der Waals surface area contributed by atoms with Gasteiger partial charge in [-0.2, -0.15) is 0 Å². The van der Waals surface area contributed by atoms with Gasteiger partial charge in [-0.25, -0.2) is 0 Å². The number of quaternary nitrogens is 1. The van der Waals surface area contributed by atoms with E-state index in [0.717, 1.165) is 38.8 Å². The summed E-state index contributed by atoms with van der Waals surface area (Å²) in [6, 6.07) is 0.0532. The van der Waals surface area contributed by atoms with Crippen LogP contribution in [0.5, 0.6) is 0 Å². The van der Waals surface area contributed by atoms with Crippen LogP contribution in [0.3, 0.4) is 0 Å². The second-order valence-electron chi connectivity index (χ2n) is 5.57. The molecule has 1 N–H and O–H groups in total. The van der Waals surface area contributed by atoms with Crippen molar-refractivity contribution in [2.75, 3.05) is 26.3 Å². The van der Waals surface area contributed by atoms with Gasteiger partial charge in [0.1, 0.15) is 13.1 Å². The summed E-state index contributed by atoms with van der Waals surface area (Å²) in [6.07, 6.45) is 4.71. The number of hydrogen-bond acceptors (Lipinski definition) is 3. The lowest BCUT2D eigenvalue weighted by molar-refractivity contribution is -0.922. The molecule has 5 heteroatoms. The lowest BCUT2D eigenvalue weighted by Crippen LogP contribution is -3.18. The molecule has 3 rings (SSSR count). The SMILES string of the molecule is O=C1C[C@H]([NH+]2CCOCC2)C(=O)N1C1CCCC1. The highest BCUT2D eigenvalue weighted by molar-refractivity contribution is 6.05. The second-order valence-corrected chi connectivity index (χ2v) is 5.57. The van der Waals surface area contributed by atoms with Gasteiger partial charge in [0.05, 0.1) is 19.6 Å². The number of likely N-dealkylation sites (tertiary alicyclic amines) is 1. The monoisotopic (exact) mass is 253 g/mol. The molecule has 0 spiro atoms. The zero-order chi connectivity index (χ0) is 12.5. The summed E-state index contributed by atoms with van der Waals surface area (Å²) in [5.41, 5.74) is 0. The Morgan fingerprint density at radius 1 is 1.11 bits per heavy atom. The van der Waals surface area contributed by atoms with E-state index in [2.05, 4.69) is 0 Å². The van der Waals surface area contributed by atoms with Gasteiger partial charge in [0.15, 0.2) is 6.04 Å². The van der Waals surface area contributed by atoms with E-state index in [9.17, 15) is 9.59 Å². The third kappa shape index (κ3) is 2.06. The van der Waals surface area contributed by atoms with E-state index >= 15 is 0 Å². The minimum atomic E-state index is -0.137. The third-order valence-electron chi connectivity index (χ3n) is 4.50. The van der Waals surface area contributed by atoms with Crippen LogP contribution in [0.25, 0.3) is 0 Å². The highest BCUT2D eigenvalue weighted by Gasteiger charge is 2.48. The van der Waals surface area contributed by atoms with Gasteiger partial charge < -0.3 is 9.64 Å². The zero-order valence-corrected chi connectivity index (χ0v) is 10.7. The molecular formula is C13H21N2O3+. The average molecular weight is 253 g/mol. The normalized spacial score (nSPS) is 31.6. The highest BCUT2D eigenvalue weighted by Crippen LogP contribution is 2.27. The van der Waals surface area contributed by atoms with Gasteiger partial charge in [0.25, 0.3) is 5.91 Å². The van der Waals surface area contributed by atoms with Crippen molar-refractivity contribution >= 4 is 11.8 Å². The Morgan fingerprint density at radius 3 is 2.44 bits per heavy atom. The van der Waals surface area contributed by atoms with E-state index in [0.29, 0.717) is 19.6 Å². The van der Waals surface area contributed by atoms with Gasteiger partial charge in [0.2, 0.25) is 5.91 Å². The Labute approximate surface area is 107 Å². The zero-order valence-electron chi connectivity index (χ0n) is 10.7. The summed E-state index contributed by atoms with van der Waals surface area (Å²) in [5.74, 6) is 0.125. The fraction of sp³-hybridized carbons (Fsp3) is 0.846. The number of carbonyl (C=O) groups is 2. The van der Waals surface area contributed by atoms with Crippen molar-refractivity contribution in [1.29, 1.82) is 0 Å². The molecule has 5 nitrogen and oxygen atoms in total. The molecule has 0 aromatic carbocycles. The topological polar surface area (TPSA) is 51.1 Å². The molecular weight excluding hydrogens is 232 g/mol. The fourth-order valence-corrected chi connectivity index (χ4v) is 3.50. The van der Waals surface area contributed by atoms with Gasteiger partial charge in [-0.1, -0.05) is 12.8 Å². The fourth-order valence-electron chi connectivity index (χ4n) is 3.50. The summed E-state index contributed by atoms with van der Waals surface area (Å²) in [4.78, 5) is 27.4. The number of imide groups is 1. The second kappa shape index (κ2) is 4.97. The Balaban J connectivity index is 1.71. The van der Waals surface area contributed by atoms with Gasteiger partial charge in [0, 0.05) is 6.04 Å². The van der Waals surface area contributed by atoms with Crippen LogP contribution >= 0.6 is 0 Å². The van der Waals surface area contributed by atoms with Crippen LogP contribution in [0.2, 0.25) is 0 Å². The van der Waals surface area contributed by atoms with Crippen LogP contribution in [0.15, 0.2) is 0 Å². The van der Waals surface area contributed by atoms with Crippen molar-refractivity contribution in [2.45, 2.75) is 44.2 Å². The first-order valence-corrected chi connectivity index (χ1v) is 7.05. The molecule has 0 aromatic heterocycles. The Bertz CT molecular complexity index is 346. The van der Waals surface area contributed by atoms with Crippen molar-refractivity contribution < 1.29 is 19.2 Å². The molecule has 2 amide bonds. The molecule has 0 radical (unpaired) electrons. The van der Waals surface area contributed by atoms with E-state index in [4.69, 9.17) is 4.74 Å². The van der Waals surface area contributed by atoms with Crippen molar-refractivity contribution in [3.63, 3.8) is 0 Å². The average Bonchev–Trinajstić information content (AvgIpc) is 2.99. The number of morpholine rings is 1. The van der Waals surface area contributed by atoms with Crippen LogP contribution in [0.4, 0.5) is 0 Å². The van der Waals surface area contributed by atoms with E-state index in [1.165, 1.54) is 4.90 Å². The predicted molar refractivity (Wildman–Crippen MR) is 64.0 cm³/mol. The summed E-state index contributed by atoms with van der Waals surface area (Å²) in [7, 11) is 0. The third-order valence-corrected chi connectivity index (χ3v) is 4.50. The first-order chi connectivity index (χ1) is 8.77. The lowest BCUT2D eigenvalue weighted by Gasteiger charge is -2.28. The number of nitrogens with zero attached hydrogens (tertiary/aromatic N) is 1. The van der Waals surface area contributed by atoms with Crippen LogP contribution in [-0.2, 0) is 14.3 Å². The van der Waals surface area contributed by atoms with Gasteiger partial charge >= 0.3 is 0 Å². The van der Waals surface area contributed by atoms with E-state index in [1.807, 2.05) is 0 Å². The molecule has 18 heavy (non-hydrogen) atoms.